The third-order valence-corrected chi connectivity index (χ3v) is 7.69. The number of amidine groups is 2. The molecule has 0 saturated carbocycles. The third-order valence-electron chi connectivity index (χ3n) is 6.77. The van der Waals surface area contributed by atoms with E-state index in [0.29, 0.717) is 5.84 Å². The molecule has 2 aliphatic rings. The van der Waals surface area contributed by atoms with Crippen LogP contribution in [-0.4, -0.2) is 21.5 Å². The van der Waals surface area contributed by atoms with E-state index in [1.165, 1.54) is 10.4 Å². The Balaban J connectivity index is 1.49. The van der Waals surface area contributed by atoms with Gasteiger partial charge in [-0.1, -0.05) is 54.1 Å². The van der Waals surface area contributed by atoms with Gasteiger partial charge in [0, 0.05) is 16.1 Å². The minimum Gasteiger partial charge on any atom is -0.337 e. The summed E-state index contributed by atoms with van der Waals surface area (Å²) in [6, 6.07) is 31.1. The van der Waals surface area contributed by atoms with E-state index in [9.17, 15) is 0 Å². The molecule has 3 aromatic carbocycles. The van der Waals surface area contributed by atoms with Crippen LogP contribution in [0.1, 0.15) is 27.7 Å². The number of nitrogens with zero attached hydrogens (tertiary/aromatic N) is 5. The summed E-state index contributed by atoms with van der Waals surface area (Å²) in [6.07, 6.45) is 0. The molecule has 0 fully saturated rings. The topological polar surface area (TPSA) is 57.8 Å². The molecule has 7 rings (SSSR count). The summed E-state index contributed by atoms with van der Waals surface area (Å²) in [5.41, 5.74) is 7.19. The lowest BCUT2D eigenvalue weighted by molar-refractivity contribution is 0.830. The largest absolute Gasteiger partial charge is 0.337 e. The van der Waals surface area contributed by atoms with E-state index in [1.807, 2.05) is 28.9 Å². The van der Waals surface area contributed by atoms with Crippen molar-refractivity contribution in [1.29, 1.82) is 0 Å². The van der Waals surface area contributed by atoms with Crippen LogP contribution in [0, 0.1) is 13.8 Å². The van der Waals surface area contributed by atoms with Crippen molar-refractivity contribution < 1.29 is 0 Å². The lowest BCUT2D eigenvalue weighted by atomic mass is 9.98. The van der Waals surface area contributed by atoms with Crippen LogP contribution in [0.5, 0.6) is 0 Å². The van der Waals surface area contributed by atoms with Gasteiger partial charge in [-0.15, -0.1) is 11.3 Å². The van der Waals surface area contributed by atoms with Gasteiger partial charge in [0.15, 0.2) is 17.5 Å². The van der Waals surface area contributed by atoms with Gasteiger partial charge in [-0.05, 0) is 61.7 Å². The molecular weight excluding hydrogens is 476 g/mol. The number of thiophene rings is 1. The van der Waals surface area contributed by atoms with Crippen molar-refractivity contribution >= 4 is 45.9 Å². The van der Waals surface area contributed by atoms with Gasteiger partial charge < -0.3 is 10.2 Å². The molecule has 5 aromatic rings. The van der Waals surface area contributed by atoms with Crippen molar-refractivity contribution in [2.75, 3.05) is 10.2 Å². The van der Waals surface area contributed by atoms with Gasteiger partial charge in [-0.25, -0.2) is 14.7 Å². The predicted molar refractivity (Wildman–Crippen MR) is 152 cm³/mol. The van der Waals surface area contributed by atoms with Crippen molar-refractivity contribution in [2.45, 2.75) is 19.9 Å². The molecule has 0 radical (unpaired) electrons. The molecule has 0 amide bonds. The van der Waals surface area contributed by atoms with Gasteiger partial charge in [-0.3, -0.25) is 0 Å². The van der Waals surface area contributed by atoms with Crippen LogP contribution in [0.3, 0.4) is 0 Å². The minimum absolute atomic E-state index is 0.0774. The molecule has 0 spiro atoms. The van der Waals surface area contributed by atoms with E-state index >= 15 is 0 Å². The summed E-state index contributed by atoms with van der Waals surface area (Å²) in [5, 5.41) is 10.7. The lowest BCUT2D eigenvalue weighted by Gasteiger charge is -2.40. The Morgan fingerprint density at radius 1 is 0.811 bits per heavy atom. The first-order valence-electron chi connectivity index (χ1n) is 12.3. The summed E-state index contributed by atoms with van der Waals surface area (Å²) in [7, 11) is 0. The monoisotopic (exact) mass is 500 g/mol. The maximum absolute atomic E-state index is 5.27. The highest BCUT2D eigenvalue weighted by molar-refractivity contribution is 7.10. The molecule has 2 aromatic heterocycles. The number of aromatic nitrogens is 2. The molecule has 6 nitrogen and oxygen atoms in total. The molecule has 180 valence electrons. The van der Waals surface area contributed by atoms with Gasteiger partial charge in [-0.2, -0.15) is 5.10 Å². The molecule has 7 heteroatoms. The predicted octanol–water partition coefficient (Wildman–Crippen LogP) is 7.35. The number of hydrogen-bond acceptors (Lipinski definition) is 6. The number of rotatable bonds is 3. The fourth-order valence-corrected chi connectivity index (χ4v) is 5.86. The zero-order chi connectivity index (χ0) is 24.9. The minimum atomic E-state index is -0.0774. The van der Waals surface area contributed by atoms with Crippen molar-refractivity contribution in [3.8, 4) is 5.69 Å². The summed E-state index contributed by atoms with van der Waals surface area (Å²) in [6.45, 7) is 4.17. The van der Waals surface area contributed by atoms with Crippen molar-refractivity contribution in [2.24, 2.45) is 9.98 Å². The summed E-state index contributed by atoms with van der Waals surface area (Å²) in [5.74, 6) is 2.33. The fourth-order valence-electron chi connectivity index (χ4n) is 5.04. The zero-order valence-electron chi connectivity index (χ0n) is 20.5. The Kier molecular flexibility index (Phi) is 5.04. The Hall–Kier alpha value is -4.49. The van der Waals surface area contributed by atoms with Crippen LogP contribution >= 0.6 is 11.3 Å². The highest BCUT2D eigenvalue weighted by Crippen LogP contribution is 2.49. The van der Waals surface area contributed by atoms with Crippen LogP contribution in [0.4, 0.5) is 22.9 Å². The summed E-state index contributed by atoms with van der Waals surface area (Å²) >= 11 is 1.75. The average molecular weight is 501 g/mol. The summed E-state index contributed by atoms with van der Waals surface area (Å²) < 4.78 is 1.96. The smallest absolute Gasteiger partial charge is 0.179 e. The lowest BCUT2D eigenvalue weighted by Crippen LogP contribution is -2.46. The number of hydrogen-bond donors (Lipinski definition) is 1. The van der Waals surface area contributed by atoms with Gasteiger partial charge in [0.05, 0.1) is 22.8 Å². The van der Waals surface area contributed by atoms with E-state index < -0.39 is 0 Å². The number of aliphatic imine (C=N–C) groups is 2. The van der Waals surface area contributed by atoms with Crippen LogP contribution in [0.2, 0.25) is 0 Å². The quantitative estimate of drug-likeness (QED) is 0.282. The van der Waals surface area contributed by atoms with Gasteiger partial charge in [0.1, 0.15) is 6.04 Å². The first kappa shape index (κ1) is 21.8. The molecule has 37 heavy (non-hydrogen) atoms. The Bertz CT molecular complexity index is 1660. The Morgan fingerprint density at radius 3 is 2.38 bits per heavy atom. The average Bonchev–Trinajstić information content (AvgIpc) is 3.58. The van der Waals surface area contributed by atoms with Crippen molar-refractivity contribution in [1.82, 2.24) is 9.78 Å². The second-order valence-electron chi connectivity index (χ2n) is 9.23. The second kappa shape index (κ2) is 8.57. The van der Waals surface area contributed by atoms with E-state index in [4.69, 9.17) is 15.1 Å². The number of para-hydroxylation sites is 3. The van der Waals surface area contributed by atoms with Crippen LogP contribution in [0.15, 0.2) is 106 Å². The van der Waals surface area contributed by atoms with Gasteiger partial charge in [0.2, 0.25) is 0 Å². The highest BCUT2D eigenvalue weighted by atomic mass is 32.1. The molecular formula is C30H24N6S. The zero-order valence-corrected chi connectivity index (χ0v) is 21.3. The van der Waals surface area contributed by atoms with E-state index in [1.54, 1.807) is 11.3 Å². The fraction of sp³-hybridized carbons (Fsp3) is 0.100. The molecule has 0 bridgehead atoms. The molecule has 1 atom stereocenters. The standard InChI is InChI=1S/C30H24N6S/c1-19-14-16-21(17-15-19)31-28-30-33-29-26(20(2)34-36(29)22-9-4-3-5-10-22)27(25-13-8-18-37-25)35(30)24-12-7-6-11-23(24)32-28/h3-18,27H,1-2H3,(H,31,32)/t27-/m1/s1. The van der Waals surface area contributed by atoms with Gasteiger partial charge in [0.25, 0.3) is 0 Å². The Morgan fingerprint density at radius 2 is 1.59 bits per heavy atom. The maximum atomic E-state index is 5.27. The third kappa shape index (κ3) is 3.58. The summed E-state index contributed by atoms with van der Waals surface area (Å²) in [4.78, 5) is 13.9. The first-order chi connectivity index (χ1) is 18.2. The molecule has 1 N–H and O–H groups in total. The second-order valence-corrected chi connectivity index (χ2v) is 10.2. The molecule has 0 saturated heterocycles. The number of nitrogens with one attached hydrogen (secondary N) is 1. The normalized spacial score (nSPS) is 15.8. The number of aryl methyl sites for hydroxylation is 2. The first-order valence-corrected chi connectivity index (χ1v) is 13.1. The number of anilines is 2. The van der Waals surface area contributed by atoms with Crippen LogP contribution in [-0.2, 0) is 0 Å². The molecule has 4 heterocycles. The molecule has 0 aliphatic carbocycles. The molecule has 0 unspecified atom stereocenters. The number of fused-ring (bicyclic) bond motifs is 4. The molecule has 2 aliphatic heterocycles. The number of benzene rings is 3. The van der Waals surface area contributed by atoms with E-state index in [2.05, 4.69) is 96.2 Å². The van der Waals surface area contributed by atoms with Gasteiger partial charge >= 0.3 is 0 Å². The maximum Gasteiger partial charge on any atom is 0.179 e. The highest BCUT2D eigenvalue weighted by Gasteiger charge is 2.41. The van der Waals surface area contributed by atoms with Crippen LogP contribution < -0.4 is 10.2 Å². The van der Waals surface area contributed by atoms with Crippen molar-refractivity contribution in [3.05, 3.63) is 118 Å². The SMILES string of the molecule is Cc1ccc(NC2=Nc3ccccc3N3C2=Nc2c(c(C)nn2-c2ccccc2)[C@H]3c2cccs2)cc1. The Labute approximate surface area is 219 Å². The van der Waals surface area contributed by atoms with E-state index in [-0.39, 0.29) is 6.04 Å². The van der Waals surface area contributed by atoms with E-state index in [0.717, 1.165) is 45.7 Å². The van der Waals surface area contributed by atoms with Crippen LogP contribution in [0.25, 0.3) is 5.69 Å². The van der Waals surface area contributed by atoms with Crippen molar-refractivity contribution in [3.63, 3.8) is 0 Å².